The van der Waals surface area contributed by atoms with Crippen LogP contribution in [0.25, 0.3) is 0 Å². The van der Waals surface area contributed by atoms with E-state index in [1.165, 1.54) is 17.2 Å². The van der Waals surface area contributed by atoms with E-state index in [1.807, 2.05) is 6.08 Å². The van der Waals surface area contributed by atoms with Gasteiger partial charge in [-0.15, -0.1) is 0 Å². The molecule has 0 bridgehead atoms. The quantitative estimate of drug-likeness (QED) is 0.396. The summed E-state index contributed by atoms with van der Waals surface area (Å²) in [5.41, 5.74) is 0. The Hall–Kier alpha value is 0.0374. The van der Waals surface area contributed by atoms with E-state index in [9.17, 15) is 0 Å². The monoisotopic (exact) mass is 129 g/mol. The van der Waals surface area contributed by atoms with Crippen molar-refractivity contribution in [3.05, 3.63) is 23.0 Å². The Morgan fingerprint density at radius 3 is 3.10 bits per heavy atom. The fraction of sp³-hybridized carbons (Fsp3) is 0.500. The summed E-state index contributed by atoms with van der Waals surface area (Å²) < 4.78 is 1.53. The second kappa shape index (κ2) is 4.03. The van der Waals surface area contributed by atoms with Crippen LogP contribution in [0.1, 0.15) is 6.42 Å². The van der Waals surface area contributed by atoms with Crippen LogP contribution in [0.5, 0.6) is 0 Å². The Morgan fingerprint density at radius 2 is 2.60 bits per heavy atom. The van der Waals surface area contributed by atoms with Crippen molar-refractivity contribution in [2.24, 2.45) is 0 Å². The first-order chi connectivity index (χ1) is 4.83. The van der Waals surface area contributed by atoms with Crippen LogP contribution in [0, 0.1) is 0 Å². The molecule has 0 aromatic heterocycles. The van der Waals surface area contributed by atoms with E-state index >= 15 is 0 Å². The number of hydrogen-bond acceptors (Lipinski definition) is 1. The van der Waals surface area contributed by atoms with Crippen LogP contribution in [0.4, 0.5) is 0 Å². The van der Waals surface area contributed by atoms with E-state index in [1.54, 1.807) is 0 Å². The standard InChI is InChI=1S/C8H12N.Li/c1-2-6-9-7-4-3-5-8-9;/h2,4H,1,5-8H2;. The maximum atomic E-state index is 3.71. The molecule has 1 nitrogen and oxygen atoms in total. The molecule has 0 N–H and O–H groups in total. The Labute approximate surface area is 72.0 Å². The zero-order valence-corrected chi connectivity index (χ0v) is 6.64. The van der Waals surface area contributed by atoms with Crippen molar-refractivity contribution in [3.63, 3.8) is 0 Å². The second-order valence-corrected chi connectivity index (χ2v) is 2.85. The first-order valence-corrected chi connectivity index (χ1v) is 3.82. The molecule has 0 amide bonds. The van der Waals surface area contributed by atoms with Crippen LogP contribution < -0.4 is 0 Å². The molecule has 0 saturated carbocycles. The van der Waals surface area contributed by atoms with Crippen LogP contribution in [0.3, 0.4) is 0 Å². The van der Waals surface area contributed by atoms with E-state index in [0.717, 1.165) is 13.1 Å². The van der Waals surface area contributed by atoms with Crippen LogP contribution >= 0.6 is 0 Å². The number of hydrogen-bond donors (Lipinski definition) is 0. The normalized spacial score (nSPS) is 20.4. The van der Waals surface area contributed by atoms with Crippen molar-refractivity contribution < 1.29 is 0 Å². The zero-order chi connectivity index (χ0) is 7.40. The van der Waals surface area contributed by atoms with Crippen molar-refractivity contribution in [2.45, 2.75) is 6.42 Å². The molecule has 0 saturated heterocycles. The minimum absolute atomic E-state index is 1.03. The molecule has 1 aliphatic rings. The summed E-state index contributed by atoms with van der Waals surface area (Å²) in [5, 5.41) is 0. The summed E-state index contributed by atoms with van der Waals surface area (Å²) >= 11 is 2.20. The van der Waals surface area contributed by atoms with Crippen molar-refractivity contribution >= 4 is 17.7 Å². The van der Waals surface area contributed by atoms with Crippen molar-refractivity contribution in [3.8, 4) is 0 Å². The second-order valence-electron chi connectivity index (χ2n) is 2.85. The Morgan fingerprint density at radius 1 is 1.80 bits per heavy atom. The topological polar surface area (TPSA) is 3.24 Å². The van der Waals surface area contributed by atoms with Gasteiger partial charge in [0.1, 0.15) is 0 Å². The Kier molecular flexibility index (Phi) is 3.28. The van der Waals surface area contributed by atoms with Crippen molar-refractivity contribution in [1.82, 2.24) is 4.90 Å². The molecule has 50 valence electrons. The average Bonchev–Trinajstić information content (AvgIpc) is 1.95. The van der Waals surface area contributed by atoms with Gasteiger partial charge < -0.3 is 0 Å². The van der Waals surface area contributed by atoms with Crippen molar-refractivity contribution in [2.75, 3.05) is 19.6 Å². The molecule has 0 fully saturated rings. The molecule has 0 radical (unpaired) electrons. The summed E-state index contributed by atoms with van der Waals surface area (Å²) in [5.74, 6) is 0. The van der Waals surface area contributed by atoms with Crippen LogP contribution in [0.15, 0.2) is 23.0 Å². The summed E-state index contributed by atoms with van der Waals surface area (Å²) in [6, 6.07) is 0. The summed E-state index contributed by atoms with van der Waals surface area (Å²) in [4.78, 5) is 2.39. The fourth-order valence-corrected chi connectivity index (χ4v) is 1.16. The van der Waals surface area contributed by atoms with E-state index in [4.69, 9.17) is 0 Å². The summed E-state index contributed by atoms with van der Waals surface area (Å²) in [6.45, 7) is 7.05. The van der Waals surface area contributed by atoms with Crippen LogP contribution in [-0.2, 0) is 0 Å². The predicted octanol–water partition coefficient (Wildman–Crippen LogP) is 0.930. The van der Waals surface area contributed by atoms with Gasteiger partial charge in [0.2, 0.25) is 0 Å². The molecule has 0 aromatic carbocycles. The van der Waals surface area contributed by atoms with E-state index < -0.39 is 0 Å². The molecule has 2 heteroatoms. The summed E-state index contributed by atoms with van der Waals surface area (Å²) in [6.07, 6.45) is 5.50. The zero-order valence-electron chi connectivity index (χ0n) is 6.64. The third kappa shape index (κ3) is 2.34. The third-order valence-corrected chi connectivity index (χ3v) is 1.91. The molecule has 1 aliphatic heterocycles. The first kappa shape index (κ1) is 8.14. The van der Waals surface area contributed by atoms with E-state index in [0.29, 0.717) is 0 Å². The fourth-order valence-electron chi connectivity index (χ4n) is 1.16. The SMILES string of the molecule is [Li][C]1=CCN(CC=C)CC1. The molecule has 0 aromatic rings. The van der Waals surface area contributed by atoms with Gasteiger partial charge in [0, 0.05) is 0 Å². The molecule has 1 heterocycles. The molecule has 0 spiro atoms. The van der Waals surface area contributed by atoms with E-state index in [-0.39, 0.29) is 0 Å². The minimum atomic E-state index is 1.03. The van der Waals surface area contributed by atoms with Crippen LogP contribution in [0.2, 0.25) is 0 Å². The van der Waals surface area contributed by atoms with E-state index in [2.05, 4.69) is 35.3 Å². The third-order valence-electron chi connectivity index (χ3n) is 1.91. The van der Waals surface area contributed by atoms with Crippen LogP contribution in [-0.4, -0.2) is 42.2 Å². The molecule has 1 rings (SSSR count). The Bertz CT molecular complexity index is 151. The van der Waals surface area contributed by atoms with Gasteiger partial charge in [-0.3, -0.25) is 0 Å². The predicted molar refractivity (Wildman–Crippen MR) is 45.1 cm³/mol. The number of rotatable bonds is 2. The van der Waals surface area contributed by atoms with Gasteiger partial charge in [-0.1, -0.05) is 0 Å². The maximum absolute atomic E-state index is 3.71. The summed E-state index contributed by atoms with van der Waals surface area (Å²) in [7, 11) is 0. The molecule has 0 unspecified atom stereocenters. The molecule has 0 atom stereocenters. The van der Waals surface area contributed by atoms with Gasteiger partial charge in [0.15, 0.2) is 0 Å². The average molecular weight is 129 g/mol. The number of nitrogens with zero attached hydrogens (tertiary/aromatic N) is 1. The molecule has 10 heavy (non-hydrogen) atoms. The van der Waals surface area contributed by atoms with Gasteiger partial charge in [-0.2, -0.15) is 0 Å². The first-order valence-electron chi connectivity index (χ1n) is 3.82. The van der Waals surface area contributed by atoms with Gasteiger partial charge in [0.05, 0.1) is 0 Å². The van der Waals surface area contributed by atoms with Gasteiger partial charge in [0.25, 0.3) is 0 Å². The molecular weight excluding hydrogens is 117 g/mol. The Balaban J connectivity index is 2.34. The van der Waals surface area contributed by atoms with Gasteiger partial charge in [-0.05, 0) is 0 Å². The van der Waals surface area contributed by atoms with Crippen molar-refractivity contribution in [1.29, 1.82) is 0 Å². The molecule has 0 aliphatic carbocycles. The van der Waals surface area contributed by atoms with Gasteiger partial charge >= 0.3 is 71.6 Å². The van der Waals surface area contributed by atoms with Gasteiger partial charge in [-0.25, -0.2) is 0 Å². The molecular formula is C8H12LiN.